The molecule has 4 aliphatic rings. The predicted molar refractivity (Wildman–Crippen MR) is 72.8 cm³/mol. The third-order valence-electron chi connectivity index (χ3n) is 4.52. The van der Waals surface area contributed by atoms with Crippen LogP contribution in [0.1, 0.15) is 24.4 Å². The Morgan fingerprint density at radius 3 is 2.61 bits per heavy atom. The van der Waals surface area contributed by atoms with Crippen molar-refractivity contribution in [2.45, 2.75) is 24.9 Å². The molecule has 0 radical (unpaired) electrons. The van der Waals surface area contributed by atoms with Crippen molar-refractivity contribution in [1.82, 2.24) is 10.3 Å². The summed E-state index contributed by atoms with van der Waals surface area (Å²) in [5.41, 5.74) is 6.01. The van der Waals surface area contributed by atoms with Crippen molar-refractivity contribution in [2.75, 3.05) is 13.1 Å². The van der Waals surface area contributed by atoms with Gasteiger partial charge in [-0.05, 0) is 43.6 Å². The molecule has 2 unspecified atom stereocenters. The maximum Gasteiger partial charge on any atom is 0.0899 e. The van der Waals surface area contributed by atoms with E-state index in [0.717, 1.165) is 5.02 Å². The average molecular weight is 262 g/mol. The number of nitrogens with one attached hydrogen (secondary N) is 1. The standard InChI is InChI=1S/C14H16ClN3/c15-11-3-1-9(2-4-11)12-14-13(17-16-12)10-5-7-18(14)8-6-10/h1-4,10,12,14,16H,5-8H2. The Morgan fingerprint density at radius 2 is 1.89 bits per heavy atom. The fourth-order valence-corrected chi connectivity index (χ4v) is 3.71. The summed E-state index contributed by atoms with van der Waals surface area (Å²) in [5.74, 6) is 0.713. The van der Waals surface area contributed by atoms with E-state index in [9.17, 15) is 0 Å². The second-order valence-electron chi connectivity index (χ2n) is 5.45. The highest BCUT2D eigenvalue weighted by atomic mass is 35.5. The number of nitrogens with zero attached hydrogens (tertiary/aromatic N) is 2. The van der Waals surface area contributed by atoms with E-state index in [1.54, 1.807) is 0 Å². The van der Waals surface area contributed by atoms with E-state index in [2.05, 4.69) is 27.6 Å². The Labute approximate surface area is 112 Å². The minimum atomic E-state index is 0.306. The van der Waals surface area contributed by atoms with Crippen LogP contribution in [0.5, 0.6) is 0 Å². The number of benzene rings is 1. The van der Waals surface area contributed by atoms with Gasteiger partial charge < -0.3 is 5.43 Å². The van der Waals surface area contributed by atoms with Crippen molar-refractivity contribution in [1.29, 1.82) is 0 Å². The fraction of sp³-hybridized carbons (Fsp3) is 0.500. The van der Waals surface area contributed by atoms with Gasteiger partial charge in [-0.1, -0.05) is 23.7 Å². The Hall–Kier alpha value is -1.06. The van der Waals surface area contributed by atoms with Gasteiger partial charge in [0.2, 0.25) is 0 Å². The van der Waals surface area contributed by atoms with Crippen molar-refractivity contribution in [3.8, 4) is 0 Å². The molecule has 2 atom stereocenters. The molecule has 3 fully saturated rings. The molecule has 2 bridgehead atoms. The highest BCUT2D eigenvalue weighted by Crippen LogP contribution is 2.38. The van der Waals surface area contributed by atoms with Crippen molar-refractivity contribution in [3.05, 3.63) is 34.9 Å². The molecule has 0 aliphatic carbocycles. The molecule has 18 heavy (non-hydrogen) atoms. The first-order valence-electron chi connectivity index (χ1n) is 6.65. The van der Waals surface area contributed by atoms with Crippen LogP contribution in [-0.2, 0) is 0 Å². The average Bonchev–Trinajstić information content (AvgIpc) is 2.88. The Bertz CT molecular complexity index is 488. The summed E-state index contributed by atoms with van der Waals surface area (Å²) in [6.07, 6.45) is 2.56. The van der Waals surface area contributed by atoms with Crippen molar-refractivity contribution in [3.63, 3.8) is 0 Å². The van der Waals surface area contributed by atoms with Gasteiger partial charge in [-0.2, -0.15) is 5.10 Å². The van der Waals surface area contributed by atoms with E-state index >= 15 is 0 Å². The van der Waals surface area contributed by atoms with Crippen LogP contribution in [0.4, 0.5) is 0 Å². The molecule has 5 rings (SSSR count). The number of piperidine rings is 3. The second kappa shape index (κ2) is 3.97. The number of hydrazone groups is 1. The van der Waals surface area contributed by atoms with E-state index in [1.807, 2.05) is 12.1 Å². The smallest absolute Gasteiger partial charge is 0.0899 e. The van der Waals surface area contributed by atoms with Crippen molar-refractivity contribution in [2.24, 2.45) is 11.0 Å². The molecule has 0 amide bonds. The van der Waals surface area contributed by atoms with Gasteiger partial charge in [-0.25, -0.2) is 0 Å². The topological polar surface area (TPSA) is 27.6 Å². The predicted octanol–water partition coefficient (Wildman–Crippen LogP) is 2.43. The zero-order chi connectivity index (χ0) is 12.1. The van der Waals surface area contributed by atoms with Crippen LogP contribution in [0.2, 0.25) is 5.02 Å². The number of rotatable bonds is 1. The molecule has 0 aromatic heterocycles. The molecule has 3 nitrogen and oxygen atoms in total. The lowest BCUT2D eigenvalue weighted by molar-refractivity contribution is 0.133. The first kappa shape index (κ1) is 10.8. The summed E-state index contributed by atoms with van der Waals surface area (Å²) >= 11 is 5.96. The van der Waals surface area contributed by atoms with Crippen LogP contribution in [0.3, 0.4) is 0 Å². The van der Waals surface area contributed by atoms with Gasteiger partial charge in [0.25, 0.3) is 0 Å². The molecular weight excluding hydrogens is 246 g/mol. The van der Waals surface area contributed by atoms with Crippen LogP contribution >= 0.6 is 11.6 Å². The molecule has 3 saturated heterocycles. The summed E-state index contributed by atoms with van der Waals surface area (Å²) in [4.78, 5) is 2.58. The third-order valence-corrected chi connectivity index (χ3v) is 4.77. The van der Waals surface area contributed by atoms with Gasteiger partial charge in [0, 0.05) is 10.9 Å². The highest BCUT2D eigenvalue weighted by molar-refractivity contribution is 6.30. The monoisotopic (exact) mass is 261 g/mol. The summed E-state index contributed by atoms with van der Waals surface area (Å²) < 4.78 is 0. The molecule has 1 N–H and O–H groups in total. The molecule has 4 heteroatoms. The number of fused-ring (bicyclic) bond motifs is 2. The van der Waals surface area contributed by atoms with Crippen LogP contribution in [0, 0.1) is 5.92 Å². The van der Waals surface area contributed by atoms with Gasteiger partial charge in [0.15, 0.2) is 0 Å². The maximum absolute atomic E-state index is 5.96. The normalized spacial score (nSPS) is 37.1. The summed E-state index contributed by atoms with van der Waals surface area (Å²) in [7, 11) is 0. The highest BCUT2D eigenvalue weighted by Gasteiger charge is 2.46. The first-order valence-corrected chi connectivity index (χ1v) is 7.03. The van der Waals surface area contributed by atoms with Crippen LogP contribution < -0.4 is 5.43 Å². The van der Waals surface area contributed by atoms with E-state index in [1.165, 1.54) is 37.2 Å². The minimum absolute atomic E-state index is 0.306. The lowest BCUT2D eigenvalue weighted by Crippen LogP contribution is -2.56. The zero-order valence-electron chi connectivity index (χ0n) is 10.1. The molecule has 94 valence electrons. The van der Waals surface area contributed by atoms with Crippen molar-refractivity contribution >= 4 is 17.3 Å². The lowest BCUT2D eigenvalue weighted by Gasteiger charge is -2.45. The van der Waals surface area contributed by atoms with Gasteiger partial charge in [0.1, 0.15) is 0 Å². The molecule has 0 spiro atoms. The summed E-state index contributed by atoms with van der Waals surface area (Å²) in [5, 5.41) is 5.41. The SMILES string of the molecule is Clc1ccc(C2NN=C3C4CCN(CC4)C32)cc1. The molecular formula is C14H16ClN3. The lowest BCUT2D eigenvalue weighted by atomic mass is 9.78. The van der Waals surface area contributed by atoms with Crippen LogP contribution in [-0.4, -0.2) is 29.7 Å². The summed E-state index contributed by atoms with van der Waals surface area (Å²) in [6.45, 7) is 2.44. The molecule has 1 aromatic carbocycles. The zero-order valence-corrected chi connectivity index (χ0v) is 10.9. The number of halogens is 1. The molecule has 4 aliphatic heterocycles. The third kappa shape index (κ3) is 1.50. The quantitative estimate of drug-likeness (QED) is 0.841. The van der Waals surface area contributed by atoms with E-state index < -0.39 is 0 Å². The number of hydrogen-bond donors (Lipinski definition) is 1. The van der Waals surface area contributed by atoms with Crippen molar-refractivity contribution < 1.29 is 0 Å². The van der Waals surface area contributed by atoms with Crippen LogP contribution in [0.15, 0.2) is 29.4 Å². The van der Waals surface area contributed by atoms with E-state index in [-0.39, 0.29) is 0 Å². The van der Waals surface area contributed by atoms with E-state index in [0.29, 0.717) is 18.0 Å². The molecule has 4 heterocycles. The second-order valence-corrected chi connectivity index (χ2v) is 5.89. The van der Waals surface area contributed by atoms with Gasteiger partial charge in [-0.15, -0.1) is 0 Å². The summed E-state index contributed by atoms with van der Waals surface area (Å²) in [6, 6.07) is 8.93. The Balaban J connectivity index is 1.67. The van der Waals surface area contributed by atoms with E-state index in [4.69, 9.17) is 11.6 Å². The van der Waals surface area contributed by atoms with Gasteiger partial charge in [-0.3, -0.25) is 4.90 Å². The maximum atomic E-state index is 5.96. The Morgan fingerprint density at radius 1 is 1.17 bits per heavy atom. The molecule has 0 saturated carbocycles. The van der Waals surface area contributed by atoms with Gasteiger partial charge in [0.05, 0.1) is 17.8 Å². The number of hydrogen-bond acceptors (Lipinski definition) is 3. The fourth-order valence-electron chi connectivity index (χ4n) is 3.58. The minimum Gasteiger partial charge on any atom is -0.301 e. The van der Waals surface area contributed by atoms with Gasteiger partial charge >= 0.3 is 0 Å². The Kier molecular flexibility index (Phi) is 2.39. The first-order chi connectivity index (χ1) is 8.83. The van der Waals surface area contributed by atoms with Crippen LogP contribution in [0.25, 0.3) is 0 Å². The molecule has 1 aromatic rings. The largest absolute Gasteiger partial charge is 0.301 e.